The van der Waals surface area contributed by atoms with E-state index in [1.807, 2.05) is 12.2 Å². The number of carbonyl (C=O) groups is 2. The van der Waals surface area contributed by atoms with Crippen LogP contribution >= 0.6 is 0 Å². The number of nitrogens with one attached hydrogen (secondary N) is 1. The van der Waals surface area contributed by atoms with Crippen LogP contribution in [0.1, 0.15) is 271 Å². The van der Waals surface area contributed by atoms with Crippen LogP contribution in [0.15, 0.2) is 85.1 Å². The van der Waals surface area contributed by atoms with Gasteiger partial charge in [-0.1, -0.05) is 260 Å². The van der Waals surface area contributed by atoms with Gasteiger partial charge in [0.2, 0.25) is 5.91 Å². The highest BCUT2D eigenvalue weighted by Gasteiger charge is 2.47. The van der Waals surface area contributed by atoms with Crippen LogP contribution in [0.2, 0.25) is 0 Å². The molecule has 11 heteroatoms. The van der Waals surface area contributed by atoms with E-state index in [1.54, 1.807) is 12.2 Å². The summed E-state index contributed by atoms with van der Waals surface area (Å²) in [7, 11) is 0. The van der Waals surface area contributed by atoms with Crippen molar-refractivity contribution in [3.8, 4) is 0 Å². The second-order valence-electron chi connectivity index (χ2n) is 22.1. The molecule has 6 N–H and O–H groups in total. The zero-order valence-corrected chi connectivity index (χ0v) is 50.5. The Balaban J connectivity index is 2.57. The quantitative estimate of drug-likeness (QED) is 0.0195. The molecule has 0 aromatic carbocycles. The van der Waals surface area contributed by atoms with Crippen molar-refractivity contribution in [2.45, 2.75) is 320 Å². The summed E-state index contributed by atoms with van der Waals surface area (Å²) in [5.74, 6) is -1.27. The molecule has 0 bridgehead atoms. The second kappa shape index (κ2) is 55.4. The normalized spacial score (nSPS) is 19.4. The molecule has 0 aromatic heterocycles. The van der Waals surface area contributed by atoms with Gasteiger partial charge in [0.15, 0.2) is 12.4 Å². The van der Waals surface area contributed by atoms with Crippen molar-refractivity contribution in [1.29, 1.82) is 0 Å². The predicted molar refractivity (Wildman–Crippen MR) is 329 cm³/mol. The lowest BCUT2D eigenvalue weighted by Gasteiger charge is -2.41. The number of rotatable bonds is 54. The van der Waals surface area contributed by atoms with E-state index < -0.39 is 67.4 Å². The van der Waals surface area contributed by atoms with Crippen molar-refractivity contribution in [2.75, 3.05) is 13.2 Å². The van der Waals surface area contributed by atoms with Crippen molar-refractivity contribution >= 4 is 11.9 Å². The van der Waals surface area contributed by atoms with Crippen LogP contribution in [0.3, 0.4) is 0 Å². The molecule has 1 heterocycles. The highest BCUT2D eigenvalue weighted by atomic mass is 16.7. The van der Waals surface area contributed by atoms with E-state index in [0.717, 1.165) is 77.0 Å². The zero-order chi connectivity index (χ0) is 57.5. The number of unbranched alkanes of at least 4 members (excludes halogenated alkanes) is 29. The molecule has 0 saturated carbocycles. The average molecular weight is 1110 g/mol. The molecular formula is C68H119NO10. The fourth-order valence-corrected chi connectivity index (χ4v) is 9.62. The van der Waals surface area contributed by atoms with E-state index in [2.05, 4.69) is 86.8 Å². The topological polar surface area (TPSA) is 175 Å². The monoisotopic (exact) mass is 1110 g/mol. The van der Waals surface area contributed by atoms with E-state index in [9.17, 15) is 35.1 Å². The minimum Gasteiger partial charge on any atom is -0.454 e. The minimum atomic E-state index is -1.63. The molecule has 79 heavy (non-hydrogen) atoms. The number of hydrogen-bond donors (Lipinski definition) is 6. The molecule has 1 saturated heterocycles. The minimum absolute atomic E-state index is 0.0796. The number of aliphatic hydroxyl groups excluding tert-OH is 5. The second-order valence-corrected chi connectivity index (χ2v) is 22.1. The van der Waals surface area contributed by atoms with Crippen LogP contribution in [-0.4, -0.2) is 99.6 Å². The highest BCUT2D eigenvalue weighted by Crippen LogP contribution is 2.26. The SMILES string of the molecule is CCCCC/C=C\C/C=C\C/C=C\C/C=C\CCCCCCCCCCCCCC(=O)OC1C(OCC(NC(=O)C(O)C/C=C/C/C=C\CCCCCCCC)C(O)/C=C/CCCCCCCCCCC)OC(CO)C(O)C1O. The van der Waals surface area contributed by atoms with Gasteiger partial charge in [-0.15, -0.1) is 0 Å². The Morgan fingerprint density at radius 3 is 1.33 bits per heavy atom. The number of aliphatic hydroxyl groups is 5. The first-order valence-electron chi connectivity index (χ1n) is 32.4. The Labute approximate surface area is 483 Å². The fraction of sp³-hybridized carbons (Fsp3) is 0.765. The maximum atomic E-state index is 13.3. The van der Waals surface area contributed by atoms with E-state index in [4.69, 9.17) is 14.2 Å². The van der Waals surface area contributed by atoms with Crippen LogP contribution in [0, 0.1) is 0 Å². The van der Waals surface area contributed by atoms with Crippen LogP contribution in [0.5, 0.6) is 0 Å². The summed E-state index contributed by atoms with van der Waals surface area (Å²) < 4.78 is 17.6. The zero-order valence-electron chi connectivity index (χ0n) is 50.5. The van der Waals surface area contributed by atoms with E-state index in [0.29, 0.717) is 12.8 Å². The van der Waals surface area contributed by atoms with Crippen LogP contribution < -0.4 is 5.32 Å². The van der Waals surface area contributed by atoms with Gasteiger partial charge in [0, 0.05) is 12.8 Å². The highest BCUT2D eigenvalue weighted by molar-refractivity contribution is 5.81. The lowest BCUT2D eigenvalue weighted by atomic mass is 9.99. The van der Waals surface area contributed by atoms with Crippen LogP contribution in [-0.2, 0) is 23.8 Å². The molecule has 1 aliphatic heterocycles. The summed E-state index contributed by atoms with van der Waals surface area (Å²) in [6.07, 6.45) is 62.3. The molecule has 456 valence electrons. The first kappa shape index (κ1) is 73.9. The third kappa shape index (κ3) is 43.2. The smallest absolute Gasteiger partial charge is 0.306 e. The van der Waals surface area contributed by atoms with Crippen LogP contribution in [0.4, 0.5) is 0 Å². The molecule has 0 radical (unpaired) electrons. The van der Waals surface area contributed by atoms with E-state index in [-0.39, 0.29) is 19.4 Å². The van der Waals surface area contributed by atoms with Gasteiger partial charge in [-0.05, 0) is 83.5 Å². The van der Waals surface area contributed by atoms with Crippen molar-refractivity contribution < 1.29 is 49.3 Å². The van der Waals surface area contributed by atoms with Gasteiger partial charge in [0.1, 0.15) is 24.4 Å². The molecule has 1 aliphatic rings. The van der Waals surface area contributed by atoms with Crippen molar-refractivity contribution in [2.24, 2.45) is 0 Å². The molecule has 8 atom stereocenters. The first-order chi connectivity index (χ1) is 38.7. The average Bonchev–Trinajstić information content (AvgIpc) is 3.47. The molecule has 0 spiro atoms. The van der Waals surface area contributed by atoms with E-state index in [1.165, 1.54) is 148 Å². The lowest BCUT2D eigenvalue weighted by Crippen LogP contribution is -2.61. The van der Waals surface area contributed by atoms with Gasteiger partial charge >= 0.3 is 5.97 Å². The number of ether oxygens (including phenoxy) is 3. The molecule has 11 nitrogen and oxygen atoms in total. The summed E-state index contributed by atoms with van der Waals surface area (Å²) in [5.41, 5.74) is 0. The van der Waals surface area contributed by atoms with Gasteiger partial charge < -0.3 is 45.1 Å². The molecule has 1 rings (SSSR count). The predicted octanol–water partition coefficient (Wildman–Crippen LogP) is 15.7. The van der Waals surface area contributed by atoms with E-state index >= 15 is 0 Å². The van der Waals surface area contributed by atoms with Gasteiger partial charge in [0.25, 0.3) is 0 Å². The van der Waals surface area contributed by atoms with Crippen molar-refractivity contribution in [1.82, 2.24) is 5.32 Å². The third-order valence-corrected chi connectivity index (χ3v) is 14.8. The fourth-order valence-electron chi connectivity index (χ4n) is 9.62. The molecule has 1 fully saturated rings. The Kier molecular flexibility index (Phi) is 51.8. The maximum Gasteiger partial charge on any atom is 0.306 e. The Hall–Kier alpha value is -3.16. The molecule has 0 aliphatic carbocycles. The summed E-state index contributed by atoms with van der Waals surface area (Å²) in [6, 6.07) is -1.06. The maximum absolute atomic E-state index is 13.3. The number of esters is 1. The summed E-state index contributed by atoms with van der Waals surface area (Å²) in [5, 5.41) is 56.8. The Morgan fingerprint density at radius 2 is 0.873 bits per heavy atom. The standard InChI is InChI=1S/C68H119NO10/c1-4-7-10-13-16-19-22-24-25-26-27-28-29-30-31-32-33-34-35-36-37-38-41-44-47-50-53-56-63(73)79-66-65(75)64(74)62(57-70)78-68(66)77-58-59(60(71)54-51-48-45-42-39-21-18-15-12-9-6-3)69-67(76)61(72)55-52-49-46-43-40-23-20-17-14-11-8-5-2/h16,19,24-25,27-28,30-31,40,43,49,51-52,54,59-62,64-66,68,70-72,74-75H,4-15,17-18,20-23,26,29,32-39,41-42,44-48,50,53,55-58H2,1-3H3,(H,69,76)/b19-16-,25-24-,28-27-,31-30-,43-40-,52-49+,54-51+. The van der Waals surface area contributed by atoms with Crippen molar-refractivity contribution in [3.05, 3.63) is 85.1 Å². The summed E-state index contributed by atoms with van der Waals surface area (Å²) in [6.45, 7) is 5.70. The van der Waals surface area contributed by atoms with Crippen LogP contribution in [0.25, 0.3) is 0 Å². The number of allylic oxidation sites excluding steroid dienone is 12. The van der Waals surface area contributed by atoms with Gasteiger partial charge in [-0.25, -0.2) is 0 Å². The van der Waals surface area contributed by atoms with Gasteiger partial charge in [-0.2, -0.15) is 0 Å². The third-order valence-electron chi connectivity index (χ3n) is 14.8. The van der Waals surface area contributed by atoms with Gasteiger partial charge in [-0.3, -0.25) is 9.59 Å². The Morgan fingerprint density at radius 1 is 0.494 bits per heavy atom. The number of amides is 1. The molecule has 0 aromatic rings. The van der Waals surface area contributed by atoms with Gasteiger partial charge in [0.05, 0.1) is 25.4 Å². The molecular weight excluding hydrogens is 991 g/mol. The summed E-state index contributed by atoms with van der Waals surface area (Å²) >= 11 is 0. The summed E-state index contributed by atoms with van der Waals surface area (Å²) in [4.78, 5) is 26.5. The number of hydrogen-bond acceptors (Lipinski definition) is 10. The first-order valence-corrected chi connectivity index (χ1v) is 32.4. The molecule has 8 unspecified atom stereocenters. The van der Waals surface area contributed by atoms with Crippen molar-refractivity contribution in [3.63, 3.8) is 0 Å². The Bertz CT molecular complexity index is 1610. The lowest BCUT2D eigenvalue weighted by molar-refractivity contribution is -0.305. The molecule has 1 amide bonds. The number of carbonyl (C=O) groups excluding carboxylic acids is 2. The largest absolute Gasteiger partial charge is 0.454 e.